The van der Waals surface area contributed by atoms with Gasteiger partial charge in [-0.15, -0.1) is 0 Å². The molecule has 0 aliphatic rings. The average molecular weight is 330 g/mol. The van der Waals surface area contributed by atoms with Gasteiger partial charge in [-0.05, 0) is 32.4 Å². The minimum Gasteiger partial charge on any atom is -0.465 e. The summed E-state index contributed by atoms with van der Waals surface area (Å²) in [5.74, 6) is -1.61. The molecule has 0 amide bonds. The van der Waals surface area contributed by atoms with Crippen LogP contribution in [0.1, 0.15) is 26.3 Å². The number of nitro groups is 1. The molecule has 0 bridgehead atoms. The maximum Gasteiger partial charge on any atom is 0.327 e. The summed E-state index contributed by atoms with van der Waals surface area (Å²) in [6, 6.07) is 3.62. The fourth-order valence-corrected chi connectivity index (χ4v) is 2.09. The van der Waals surface area contributed by atoms with Crippen LogP contribution in [0.4, 0.5) is 5.69 Å². The second kappa shape index (κ2) is 7.22. The number of carbonyl (C=O) groups is 2. The summed E-state index contributed by atoms with van der Waals surface area (Å²) in [7, 11) is 0. The summed E-state index contributed by atoms with van der Waals surface area (Å²) in [5.41, 5.74) is -1.90. The molecule has 8 heteroatoms. The van der Waals surface area contributed by atoms with E-state index in [0.29, 0.717) is 0 Å². The third-order valence-corrected chi connectivity index (χ3v) is 3.39. The normalized spacial score (nSPS) is 10.9. The zero-order valence-electron chi connectivity index (χ0n) is 12.4. The Morgan fingerprint density at radius 3 is 2.09 bits per heavy atom. The van der Waals surface area contributed by atoms with E-state index in [1.807, 2.05) is 0 Å². The number of nitro benzene ring substituents is 1. The van der Waals surface area contributed by atoms with Crippen molar-refractivity contribution in [3.63, 3.8) is 0 Å². The molecule has 0 atom stereocenters. The van der Waals surface area contributed by atoms with Crippen LogP contribution in [-0.4, -0.2) is 30.1 Å². The molecule has 0 spiro atoms. The first-order valence-electron chi connectivity index (χ1n) is 6.57. The predicted octanol–water partition coefficient (Wildman–Crippen LogP) is 2.63. The van der Waals surface area contributed by atoms with E-state index in [4.69, 9.17) is 21.1 Å². The fourth-order valence-electron chi connectivity index (χ4n) is 1.84. The van der Waals surface area contributed by atoms with Gasteiger partial charge >= 0.3 is 11.9 Å². The number of hydrogen-bond acceptors (Lipinski definition) is 6. The predicted molar refractivity (Wildman–Crippen MR) is 78.7 cm³/mol. The summed E-state index contributed by atoms with van der Waals surface area (Å²) in [6.45, 7) is 4.70. The maximum absolute atomic E-state index is 12.2. The van der Waals surface area contributed by atoms with Crippen LogP contribution < -0.4 is 0 Å². The van der Waals surface area contributed by atoms with E-state index >= 15 is 0 Å². The van der Waals surface area contributed by atoms with Crippen LogP contribution >= 0.6 is 11.6 Å². The Labute approximate surface area is 132 Å². The zero-order chi connectivity index (χ0) is 16.9. The highest BCUT2D eigenvalue weighted by Gasteiger charge is 2.46. The van der Waals surface area contributed by atoms with Crippen molar-refractivity contribution in [3.8, 4) is 0 Å². The topological polar surface area (TPSA) is 95.7 Å². The molecule has 0 heterocycles. The van der Waals surface area contributed by atoms with Crippen LogP contribution in [-0.2, 0) is 24.5 Å². The van der Waals surface area contributed by atoms with Gasteiger partial charge in [0.05, 0.1) is 18.1 Å². The smallest absolute Gasteiger partial charge is 0.327 e. The molecule has 7 nitrogen and oxygen atoms in total. The molecule has 0 unspecified atom stereocenters. The van der Waals surface area contributed by atoms with Crippen molar-refractivity contribution < 1.29 is 24.0 Å². The van der Waals surface area contributed by atoms with Crippen molar-refractivity contribution in [3.05, 3.63) is 38.9 Å². The molecule has 0 saturated carbocycles. The molecule has 0 N–H and O–H groups in total. The Morgan fingerprint density at radius 2 is 1.73 bits per heavy atom. The van der Waals surface area contributed by atoms with E-state index in [0.717, 1.165) is 6.07 Å². The first-order valence-corrected chi connectivity index (χ1v) is 6.95. The Bertz CT molecular complexity index is 583. The highest BCUT2D eigenvalue weighted by molar-refractivity contribution is 6.32. The van der Waals surface area contributed by atoms with Crippen LogP contribution in [0.3, 0.4) is 0 Å². The lowest BCUT2D eigenvalue weighted by molar-refractivity contribution is -0.384. The maximum atomic E-state index is 12.2. The standard InChI is InChI=1S/C14H16ClNO6/c1-4-21-12(17)14(3,13(18)22-5-2)9-6-7-11(16(19)20)10(15)8-9/h6-8H,4-5H2,1-3H3. The van der Waals surface area contributed by atoms with Gasteiger partial charge in [-0.3, -0.25) is 19.7 Å². The summed E-state index contributed by atoms with van der Waals surface area (Å²) < 4.78 is 9.86. The number of halogens is 1. The number of nitrogens with zero attached hydrogens (tertiary/aromatic N) is 1. The quantitative estimate of drug-likeness (QED) is 0.344. The molecule has 0 aromatic heterocycles. The van der Waals surface area contributed by atoms with E-state index < -0.39 is 22.3 Å². The van der Waals surface area contributed by atoms with Gasteiger partial charge in [0.15, 0.2) is 5.41 Å². The first-order chi connectivity index (χ1) is 10.3. The molecule has 0 aliphatic carbocycles. The third kappa shape index (κ3) is 3.36. The van der Waals surface area contributed by atoms with Gasteiger partial charge in [-0.25, -0.2) is 0 Å². The first kappa shape index (κ1) is 17.9. The van der Waals surface area contributed by atoms with Crippen molar-refractivity contribution in [1.82, 2.24) is 0 Å². The Hall–Kier alpha value is -2.15. The van der Waals surface area contributed by atoms with Crippen LogP contribution in [0.15, 0.2) is 18.2 Å². The van der Waals surface area contributed by atoms with Crippen molar-refractivity contribution >= 4 is 29.2 Å². The largest absolute Gasteiger partial charge is 0.465 e. The Morgan fingerprint density at radius 1 is 1.23 bits per heavy atom. The second-order valence-corrected chi connectivity index (χ2v) is 4.90. The molecule has 1 aromatic carbocycles. The minimum absolute atomic E-state index is 0.0779. The van der Waals surface area contributed by atoms with Gasteiger partial charge < -0.3 is 9.47 Å². The molecule has 22 heavy (non-hydrogen) atoms. The molecular weight excluding hydrogens is 314 g/mol. The number of esters is 2. The fraction of sp³-hybridized carbons (Fsp3) is 0.429. The van der Waals surface area contributed by atoms with Crippen LogP contribution in [0, 0.1) is 10.1 Å². The number of rotatable bonds is 6. The SMILES string of the molecule is CCOC(=O)C(C)(C(=O)OCC)c1ccc([N+](=O)[O-])c(Cl)c1. The summed E-state index contributed by atoms with van der Waals surface area (Å²) >= 11 is 5.85. The molecule has 0 fully saturated rings. The van der Waals surface area contributed by atoms with Gasteiger partial charge in [0.1, 0.15) is 5.02 Å². The van der Waals surface area contributed by atoms with Crippen molar-refractivity contribution in [2.45, 2.75) is 26.2 Å². The zero-order valence-corrected chi connectivity index (χ0v) is 13.2. The molecule has 0 radical (unpaired) electrons. The molecule has 120 valence electrons. The van der Waals surface area contributed by atoms with Gasteiger partial charge in [0.25, 0.3) is 5.69 Å². The van der Waals surface area contributed by atoms with Gasteiger partial charge in [0, 0.05) is 6.07 Å². The molecule has 0 aliphatic heterocycles. The molecule has 1 aromatic rings. The highest BCUT2D eigenvalue weighted by atomic mass is 35.5. The van der Waals surface area contributed by atoms with Gasteiger partial charge in [0.2, 0.25) is 0 Å². The molecule has 0 saturated heterocycles. The van der Waals surface area contributed by atoms with Crippen molar-refractivity contribution in [2.24, 2.45) is 0 Å². The summed E-state index contributed by atoms with van der Waals surface area (Å²) in [4.78, 5) is 34.6. The molecular formula is C14H16ClNO6. The number of hydrogen-bond donors (Lipinski definition) is 0. The van der Waals surface area contributed by atoms with Crippen molar-refractivity contribution in [1.29, 1.82) is 0 Å². The van der Waals surface area contributed by atoms with E-state index in [9.17, 15) is 19.7 Å². The van der Waals surface area contributed by atoms with E-state index in [1.54, 1.807) is 13.8 Å². The van der Waals surface area contributed by atoms with Crippen LogP contribution in [0.2, 0.25) is 5.02 Å². The lowest BCUT2D eigenvalue weighted by Crippen LogP contribution is -2.43. The van der Waals surface area contributed by atoms with Crippen LogP contribution in [0.25, 0.3) is 0 Å². The summed E-state index contributed by atoms with van der Waals surface area (Å²) in [6.07, 6.45) is 0. The lowest BCUT2D eigenvalue weighted by Gasteiger charge is -2.25. The van der Waals surface area contributed by atoms with Gasteiger partial charge in [-0.2, -0.15) is 0 Å². The van der Waals surface area contributed by atoms with Gasteiger partial charge in [-0.1, -0.05) is 17.7 Å². The Balaban J connectivity index is 3.39. The van der Waals surface area contributed by atoms with E-state index in [2.05, 4.69) is 0 Å². The number of ether oxygens (including phenoxy) is 2. The monoisotopic (exact) mass is 329 g/mol. The third-order valence-electron chi connectivity index (χ3n) is 3.09. The number of carbonyl (C=O) groups excluding carboxylic acids is 2. The summed E-state index contributed by atoms with van der Waals surface area (Å²) in [5, 5.41) is 10.6. The average Bonchev–Trinajstić information content (AvgIpc) is 2.46. The minimum atomic E-state index is -1.75. The second-order valence-electron chi connectivity index (χ2n) is 4.49. The van der Waals surface area contributed by atoms with E-state index in [-0.39, 0.29) is 29.5 Å². The number of benzene rings is 1. The molecule has 1 rings (SSSR count). The lowest BCUT2D eigenvalue weighted by atomic mass is 9.82. The van der Waals surface area contributed by atoms with Crippen LogP contribution in [0.5, 0.6) is 0 Å². The Kier molecular flexibility index (Phi) is 5.87. The van der Waals surface area contributed by atoms with Crippen molar-refractivity contribution in [2.75, 3.05) is 13.2 Å². The highest BCUT2D eigenvalue weighted by Crippen LogP contribution is 2.33. The van der Waals surface area contributed by atoms with E-state index in [1.165, 1.54) is 19.1 Å².